The third-order valence-corrected chi connectivity index (χ3v) is 4.76. The number of nitrogens with zero attached hydrogens (tertiary/aromatic N) is 1. The summed E-state index contributed by atoms with van der Waals surface area (Å²) in [7, 11) is 0. The Hall–Kier alpha value is -2.69. The molecule has 0 saturated heterocycles. The van der Waals surface area contributed by atoms with E-state index < -0.39 is 0 Å². The molecule has 0 spiro atoms. The van der Waals surface area contributed by atoms with Crippen molar-refractivity contribution in [2.24, 2.45) is 5.92 Å². The maximum Gasteiger partial charge on any atom is 0.269 e. The molecule has 0 aromatic heterocycles. The molecule has 0 bridgehead atoms. The SMILES string of the molecule is O=[N+]([O-])c1ccc2c(c1)[C@@H]1C=CC[C@@H]1[C@H](c1cccc(F)c1)N2. The van der Waals surface area contributed by atoms with Crippen LogP contribution in [0.2, 0.25) is 0 Å². The van der Waals surface area contributed by atoms with Gasteiger partial charge in [-0.25, -0.2) is 4.39 Å². The van der Waals surface area contributed by atoms with Crippen molar-refractivity contribution in [3.05, 3.63) is 81.7 Å². The van der Waals surface area contributed by atoms with Crippen LogP contribution in [0.5, 0.6) is 0 Å². The van der Waals surface area contributed by atoms with Gasteiger partial charge in [0.25, 0.3) is 5.69 Å². The molecular formula is C18H15FN2O2. The van der Waals surface area contributed by atoms with Gasteiger partial charge >= 0.3 is 0 Å². The predicted octanol–water partition coefficient (Wildman–Crippen LogP) is 4.56. The van der Waals surface area contributed by atoms with E-state index in [-0.39, 0.29) is 34.3 Å². The number of nitro benzene ring substituents is 1. The van der Waals surface area contributed by atoms with E-state index in [1.165, 1.54) is 12.1 Å². The molecule has 23 heavy (non-hydrogen) atoms. The molecule has 5 heteroatoms. The van der Waals surface area contributed by atoms with Crippen molar-refractivity contribution in [1.82, 2.24) is 0 Å². The number of hydrogen-bond acceptors (Lipinski definition) is 3. The van der Waals surface area contributed by atoms with Gasteiger partial charge in [-0.05, 0) is 41.7 Å². The third kappa shape index (κ3) is 2.29. The number of fused-ring (bicyclic) bond motifs is 3. The topological polar surface area (TPSA) is 55.2 Å². The van der Waals surface area contributed by atoms with Gasteiger partial charge in [0.1, 0.15) is 5.82 Å². The molecule has 0 saturated carbocycles. The number of nitro groups is 1. The lowest BCUT2D eigenvalue weighted by Gasteiger charge is -2.37. The summed E-state index contributed by atoms with van der Waals surface area (Å²) in [6, 6.07) is 11.5. The minimum absolute atomic E-state index is 0.000318. The minimum Gasteiger partial charge on any atom is -0.378 e. The zero-order chi connectivity index (χ0) is 16.0. The van der Waals surface area contributed by atoms with Gasteiger partial charge in [-0.2, -0.15) is 0 Å². The number of hydrogen-bond donors (Lipinski definition) is 1. The molecule has 2 aromatic rings. The van der Waals surface area contributed by atoms with E-state index in [1.54, 1.807) is 24.3 Å². The number of rotatable bonds is 2. The molecule has 0 unspecified atom stereocenters. The summed E-state index contributed by atoms with van der Waals surface area (Å²) in [4.78, 5) is 10.7. The fourth-order valence-electron chi connectivity index (χ4n) is 3.73. The number of anilines is 1. The van der Waals surface area contributed by atoms with Crippen LogP contribution in [0.4, 0.5) is 15.8 Å². The number of nitrogens with one attached hydrogen (secondary N) is 1. The highest BCUT2D eigenvalue weighted by Crippen LogP contribution is 2.50. The Balaban J connectivity index is 1.79. The average Bonchev–Trinajstić information content (AvgIpc) is 3.03. The highest BCUT2D eigenvalue weighted by Gasteiger charge is 2.38. The fraction of sp³-hybridized carbons (Fsp3) is 0.222. The lowest BCUT2D eigenvalue weighted by atomic mass is 9.77. The fourth-order valence-corrected chi connectivity index (χ4v) is 3.73. The van der Waals surface area contributed by atoms with Gasteiger partial charge in [0.05, 0.1) is 11.0 Å². The Labute approximate surface area is 132 Å². The first-order chi connectivity index (χ1) is 11.1. The standard InChI is InChI=1S/C18H15FN2O2/c19-12-4-1-3-11(9-12)18-15-6-2-5-14(15)16-10-13(21(22)23)7-8-17(16)20-18/h1-5,7-10,14-15,18,20H,6H2/t14-,15+,18+/m1/s1. The van der Waals surface area contributed by atoms with Crippen molar-refractivity contribution in [2.75, 3.05) is 5.32 Å². The van der Waals surface area contributed by atoms with E-state index in [0.717, 1.165) is 23.2 Å². The maximum absolute atomic E-state index is 13.6. The lowest BCUT2D eigenvalue weighted by Crippen LogP contribution is -2.29. The molecule has 1 heterocycles. The van der Waals surface area contributed by atoms with Crippen LogP contribution in [0, 0.1) is 21.8 Å². The Kier molecular flexibility index (Phi) is 3.15. The molecule has 4 rings (SSSR count). The van der Waals surface area contributed by atoms with Crippen LogP contribution in [-0.4, -0.2) is 4.92 Å². The van der Waals surface area contributed by atoms with Crippen LogP contribution in [0.1, 0.15) is 29.5 Å². The second-order valence-corrected chi connectivity index (χ2v) is 6.06. The normalized spacial score (nSPS) is 24.7. The Morgan fingerprint density at radius 3 is 2.87 bits per heavy atom. The first-order valence-electron chi connectivity index (χ1n) is 7.60. The van der Waals surface area contributed by atoms with Crippen LogP contribution in [0.15, 0.2) is 54.6 Å². The number of allylic oxidation sites excluding steroid dienone is 2. The smallest absolute Gasteiger partial charge is 0.269 e. The van der Waals surface area contributed by atoms with Crippen LogP contribution in [0.25, 0.3) is 0 Å². The highest BCUT2D eigenvalue weighted by atomic mass is 19.1. The van der Waals surface area contributed by atoms with Crippen molar-refractivity contribution in [2.45, 2.75) is 18.4 Å². The Morgan fingerprint density at radius 2 is 2.09 bits per heavy atom. The molecule has 1 aliphatic heterocycles. The average molecular weight is 310 g/mol. The van der Waals surface area contributed by atoms with Crippen molar-refractivity contribution in [3.63, 3.8) is 0 Å². The molecule has 0 radical (unpaired) electrons. The molecular weight excluding hydrogens is 295 g/mol. The summed E-state index contributed by atoms with van der Waals surface area (Å²) in [5.74, 6) is 0.118. The van der Waals surface area contributed by atoms with Gasteiger partial charge in [0, 0.05) is 23.7 Å². The van der Waals surface area contributed by atoms with Gasteiger partial charge in [0.15, 0.2) is 0 Å². The molecule has 2 aliphatic rings. The molecule has 3 atom stereocenters. The predicted molar refractivity (Wildman–Crippen MR) is 85.8 cm³/mol. The monoisotopic (exact) mass is 310 g/mol. The van der Waals surface area contributed by atoms with E-state index in [1.807, 2.05) is 6.07 Å². The Bertz CT molecular complexity index is 818. The van der Waals surface area contributed by atoms with Crippen molar-refractivity contribution < 1.29 is 9.31 Å². The van der Waals surface area contributed by atoms with Gasteiger partial charge in [0.2, 0.25) is 0 Å². The van der Waals surface area contributed by atoms with Gasteiger partial charge in [-0.15, -0.1) is 0 Å². The Morgan fingerprint density at radius 1 is 1.22 bits per heavy atom. The molecule has 0 fully saturated rings. The number of benzene rings is 2. The molecule has 1 N–H and O–H groups in total. The first kappa shape index (κ1) is 13.9. The van der Waals surface area contributed by atoms with Crippen LogP contribution in [0.3, 0.4) is 0 Å². The zero-order valence-electron chi connectivity index (χ0n) is 12.3. The maximum atomic E-state index is 13.6. The summed E-state index contributed by atoms with van der Waals surface area (Å²) in [5, 5.41) is 14.5. The van der Waals surface area contributed by atoms with Crippen molar-refractivity contribution in [3.8, 4) is 0 Å². The van der Waals surface area contributed by atoms with E-state index in [2.05, 4.69) is 17.5 Å². The largest absolute Gasteiger partial charge is 0.378 e. The third-order valence-electron chi connectivity index (χ3n) is 4.76. The molecule has 0 amide bonds. The molecule has 4 nitrogen and oxygen atoms in total. The number of non-ortho nitro benzene ring substituents is 1. The molecule has 2 aromatic carbocycles. The molecule has 116 valence electrons. The summed E-state index contributed by atoms with van der Waals surface area (Å²) in [5.41, 5.74) is 2.85. The second kappa shape index (κ2) is 5.19. The van der Waals surface area contributed by atoms with Crippen molar-refractivity contribution >= 4 is 11.4 Å². The van der Waals surface area contributed by atoms with Crippen LogP contribution in [-0.2, 0) is 0 Å². The summed E-state index contributed by atoms with van der Waals surface area (Å²) in [6.07, 6.45) is 5.10. The van der Waals surface area contributed by atoms with E-state index >= 15 is 0 Å². The van der Waals surface area contributed by atoms with Gasteiger partial charge in [-0.3, -0.25) is 10.1 Å². The summed E-state index contributed by atoms with van der Waals surface area (Å²) < 4.78 is 13.6. The van der Waals surface area contributed by atoms with E-state index in [0.29, 0.717) is 0 Å². The first-order valence-corrected chi connectivity index (χ1v) is 7.60. The quantitative estimate of drug-likeness (QED) is 0.502. The van der Waals surface area contributed by atoms with E-state index in [4.69, 9.17) is 0 Å². The van der Waals surface area contributed by atoms with Crippen LogP contribution >= 0.6 is 0 Å². The van der Waals surface area contributed by atoms with E-state index in [9.17, 15) is 14.5 Å². The zero-order valence-corrected chi connectivity index (χ0v) is 12.3. The van der Waals surface area contributed by atoms with Gasteiger partial charge in [-0.1, -0.05) is 24.3 Å². The molecule has 1 aliphatic carbocycles. The minimum atomic E-state index is -0.368. The summed E-state index contributed by atoms with van der Waals surface area (Å²) in [6.45, 7) is 0. The van der Waals surface area contributed by atoms with Crippen molar-refractivity contribution in [1.29, 1.82) is 0 Å². The highest BCUT2D eigenvalue weighted by molar-refractivity contribution is 5.62. The van der Waals surface area contributed by atoms with Gasteiger partial charge < -0.3 is 5.32 Å². The lowest BCUT2D eigenvalue weighted by molar-refractivity contribution is -0.384. The summed E-state index contributed by atoms with van der Waals surface area (Å²) >= 11 is 0. The second-order valence-electron chi connectivity index (χ2n) is 6.06. The van der Waals surface area contributed by atoms with Crippen LogP contribution < -0.4 is 5.32 Å². The number of halogens is 1.